The molecule has 2 aliphatic heterocycles. The smallest absolute Gasteiger partial charge is 0.317 e. The maximum Gasteiger partial charge on any atom is 0.317 e. The molecule has 0 bridgehead atoms. The van der Waals surface area contributed by atoms with Gasteiger partial charge in [-0.25, -0.2) is 4.79 Å². The summed E-state index contributed by atoms with van der Waals surface area (Å²) in [4.78, 5) is 14.0. The number of hydrogen-bond donors (Lipinski definition) is 1. The fourth-order valence-corrected chi connectivity index (χ4v) is 2.94. The molecule has 0 radical (unpaired) electrons. The minimum absolute atomic E-state index is 0.00401. The summed E-state index contributed by atoms with van der Waals surface area (Å²) in [6, 6.07) is 6.01. The quantitative estimate of drug-likeness (QED) is 0.902. The number of fused-ring (bicyclic) bond motifs is 1. The number of hydrogen-bond acceptors (Lipinski definition) is 3. The highest BCUT2D eigenvalue weighted by Gasteiger charge is 2.33. The van der Waals surface area contributed by atoms with Gasteiger partial charge in [0.1, 0.15) is 13.2 Å². The van der Waals surface area contributed by atoms with E-state index in [1.54, 1.807) is 0 Å². The monoisotopic (exact) mass is 276 g/mol. The Morgan fingerprint density at radius 3 is 3.10 bits per heavy atom. The van der Waals surface area contributed by atoms with Crippen LogP contribution in [0.15, 0.2) is 18.2 Å². The number of urea groups is 1. The van der Waals surface area contributed by atoms with Crippen LogP contribution in [0.25, 0.3) is 0 Å². The number of likely N-dealkylation sites (tertiary alicyclic amines) is 1. The molecular formula is C15H20N2O3. The summed E-state index contributed by atoms with van der Waals surface area (Å²) in [6.45, 7) is 4.53. The van der Waals surface area contributed by atoms with Gasteiger partial charge in [0.05, 0.1) is 6.04 Å². The van der Waals surface area contributed by atoms with Crippen LogP contribution in [0.2, 0.25) is 0 Å². The summed E-state index contributed by atoms with van der Waals surface area (Å²) in [5.74, 6) is 1.59. The zero-order valence-electron chi connectivity index (χ0n) is 11.7. The first-order valence-electron chi connectivity index (χ1n) is 7.24. The number of carbonyl (C=O) groups is 1. The summed E-state index contributed by atoms with van der Waals surface area (Å²) < 4.78 is 11.4. The summed E-state index contributed by atoms with van der Waals surface area (Å²) >= 11 is 0. The second-order valence-corrected chi connectivity index (χ2v) is 5.06. The van der Waals surface area contributed by atoms with Gasteiger partial charge < -0.3 is 19.7 Å². The van der Waals surface area contributed by atoms with Crippen molar-refractivity contribution in [3.05, 3.63) is 23.8 Å². The van der Waals surface area contributed by atoms with E-state index in [2.05, 4.69) is 5.32 Å². The van der Waals surface area contributed by atoms with Crippen LogP contribution in [0.5, 0.6) is 11.5 Å². The van der Waals surface area contributed by atoms with Crippen molar-refractivity contribution in [2.24, 2.45) is 0 Å². The molecule has 2 aliphatic rings. The van der Waals surface area contributed by atoms with Crippen LogP contribution in [0.3, 0.4) is 0 Å². The fraction of sp³-hybridized carbons (Fsp3) is 0.533. The third-order valence-electron chi connectivity index (χ3n) is 3.80. The first-order valence-corrected chi connectivity index (χ1v) is 7.24. The Kier molecular flexibility index (Phi) is 3.67. The number of nitrogens with zero attached hydrogens (tertiary/aromatic N) is 1. The highest BCUT2D eigenvalue weighted by molar-refractivity contribution is 5.75. The number of rotatable bonds is 2. The zero-order valence-corrected chi connectivity index (χ0v) is 11.7. The van der Waals surface area contributed by atoms with Crippen molar-refractivity contribution in [1.82, 2.24) is 10.2 Å². The molecule has 5 nitrogen and oxygen atoms in total. The largest absolute Gasteiger partial charge is 0.486 e. The molecule has 1 aromatic rings. The molecule has 5 heteroatoms. The van der Waals surface area contributed by atoms with Crippen LogP contribution in [0.4, 0.5) is 4.79 Å². The minimum Gasteiger partial charge on any atom is -0.486 e. The lowest BCUT2D eigenvalue weighted by Gasteiger charge is -2.28. The van der Waals surface area contributed by atoms with Gasteiger partial charge >= 0.3 is 6.03 Å². The predicted molar refractivity (Wildman–Crippen MR) is 75.2 cm³/mol. The Balaban J connectivity index is 1.90. The molecule has 1 aromatic carbocycles. The number of nitrogens with one attached hydrogen (secondary N) is 1. The second-order valence-electron chi connectivity index (χ2n) is 5.06. The highest BCUT2D eigenvalue weighted by atomic mass is 16.6. The standard InChI is InChI=1S/C15H20N2O3/c1-2-16-15(18)17-8-4-6-12(17)11-5-3-7-13-14(11)20-10-9-19-13/h3,5,7,12H,2,4,6,8-10H2,1H3,(H,16,18)/t12-/m0/s1. The van der Waals surface area contributed by atoms with Gasteiger partial charge in [0.15, 0.2) is 11.5 Å². The van der Waals surface area contributed by atoms with Crippen LogP contribution < -0.4 is 14.8 Å². The van der Waals surface area contributed by atoms with Gasteiger partial charge in [0.2, 0.25) is 0 Å². The van der Waals surface area contributed by atoms with Gasteiger partial charge in [-0.15, -0.1) is 0 Å². The molecule has 1 N–H and O–H groups in total. The molecule has 2 heterocycles. The van der Waals surface area contributed by atoms with Crippen molar-refractivity contribution in [2.75, 3.05) is 26.3 Å². The summed E-state index contributed by atoms with van der Waals surface area (Å²) in [5, 5.41) is 2.88. The van der Waals surface area contributed by atoms with E-state index in [9.17, 15) is 4.79 Å². The van der Waals surface area contributed by atoms with Crippen molar-refractivity contribution in [3.63, 3.8) is 0 Å². The third kappa shape index (κ3) is 2.28. The number of benzene rings is 1. The van der Waals surface area contributed by atoms with Gasteiger partial charge in [-0.1, -0.05) is 12.1 Å². The Morgan fingerprint density at radius 2 is 2.25 bits per heavy atom. The minimum atomic E-state index is 0.00401. The zero-order chi connectivity index (χ0) is 13.9. The highest BCUT2D eigenvalue weighted by Crippen LogP contribution is 2.42. The summed E-state index contributed by atoms with van der Waals surface area (Å²) in [5.41, 5.74) is 1.06. The topological polar surface area (TPSA) is 50.8 Å². The van der Waals surface area contributed by atoms with Crippen molar-refractivity contribution in [2.45, 2.75) is 25.8 Å². The van der Waals surface area contributed by atoms with E-state index in [0.29, 0.717) is 19.8 Å². The molecule has 1 fully saturated rings. The van der Waals surface area contributed by atoms with E-state index in [-0.39, 0.29) is 12.1 Å². The number of amides is 2. The molecule has 1 atom stereocenters. The Bertz CT molecular complexity index is 504. The van der Waals surface area contributed by atoms with Crippen molar-refractivity contribution < 1.29 is 14.3 Å². The van der Waals surface area contributed by atoms with Crippen LogP contribution in [0, 0.1) is 0 Å². The molecule has 3 rings (SSSR count). The summed E-state index contributed by atoms with van der Waals surface area (Å²) in [7, 11) is 0. The molecule has 2 amide bonds. The maximum atomic E-state index is 12.1. The lowest BCUT2D eigenvalue weighted by atomic mass is 10.0. The molecule has 0 spiro atoms. The van der Waals surface area contributed by atoms with Gasteiger partial charge in [-0.2, -0.15) is 0 Å². The van der Waals surface area contributed by atoms with Crippen LogP contribution in [-0.2, 0) is 0 Å². The average molecular weight is 276 g/mol. The van der Waals surface area contributed by atoms with E-state index in [0.717, 1.165) is 36.4 Å². The van der Waals surface area contributed by atoms with Crippen molar-refractivity contribution >= 4 is 6.03 Å². The van der Waals surface area contributed by atoms with Crippen LogP contribution in [0.1, 0.15) is 31.4 Å². The Labute approximate surface area is 118 Å². The first kappa shape index (κ1) is 13.1. The van der Waals surface area contributed by atoms with Gasteiger partial charge in [-0.3, -0.25) is 0 Å². The van der Waals surface area contributed by atoms with Crippen molar-refractivity contribution in [1.29, 1.82) is 0 Å². The number of para-hydroxylation sites is 1. The molecular weight excluding hydrogens is 256 g/mol. The lowest BCUT2D eigenvalue weighted by molar-refractivity contribution is 0.163. The van der Waals surface area contributed by atoms with Gasteiger partial charge in [0, 0.05) is 18.7 Å². The fourth-order valence-electron chi connectivity index (χ4n) is 2.94. The first-order chi connectivity index (χ1) is 9.81. The predicted octanol–water partition coefficient (Wildman–Crippen LogP) is 2.32. The van der Waals surface area contributed by atoms with Crippen molar-refractivity contribution in [3.8, 4) is 11.5 Å². The molecule has 1 saturated heterocycles. The molecule has 0 saturated carbocycles. The molecule has 108 valence electrons. The lowest BCUT2D eigenvalue weighted by Crippen LogP contribution is -2.39. The van der Waals surface area contributed by atoms with Crippen LogP contribution in [-0.4, -0.2) is 37.2 Å². The second kappa shape index (κ2) is 5.61. The SMILES string of the molecule is CCNC(=O)N1CCC[C@H]1c1cccc2c1OCCO2. The Morgan fingerprint density at radius 1 is 1.40 bits per heavy atom. The van der Waals surface area contributed by atoms with E-state index in [1.807, 2.05) is 30.0 Å². The van der Waals surface area contributed by atoms with Gasteiger partial charge in [-0.05, 0) is 25.8 Å². The van der Waals surface area contributed by atoms with E-state index >= 15 is 0 Å². The molecule has 0 aliphatic carbocycles. The molecule has 20 heavy (non-hydrogen) atoms. The normalized spacial score (nSPS) is 20.9. The Hall–Kier alpha value is -1.91. The van der Waals surface area contributed by atoms with E-state index in [4.69, 9.17) is 9.47 Å². The number of carbonyl (C=O) groups excluding carboxylic acids is 1. The third-order valence-corrected chi connectivity index (χ3v) is 3.80. The van der Waals surface area contributed by atoms with E-state index in [1.165, 1.54) is 0 Å². The van der Waals surface area contributed by atoms with Gasteiger partial charge in [0.25, 0.3) is 0 Å². The molecule has 0 unspecified atom stereocenters. The average Bonchev–Trinajstić information content (AvgIpc) is 2.96. The van der Waals surface area contributed by atoms with Crippen LogP contribution >= 0.6 is 0 Å². The maximum absolute atomic E-state index is 12.1. The summed E-state index contributed by atoms with van der Waals surface area (Å²) in [6.07, 6.45) is 1.99. The number of ether oxygens (including phenoxy) is 2. The molecule has 0 aromatic heterocycles. The van der Waals surface area contributed by atoms with E-state index < -0.39 is 0 Å².